The molecule has 0 aromatic heterocycles. The van der Waals surface area contributed by atoms with Gasteiger partial charge in [-0.25, -0.2) is 9.59 Å². The summed E-state index contributed by atoms with van der Waals surface area (Å²) in [6.07, 6.45) is 2.56. The Morgan fingerprint density at radius 1 is 0.976 bits per heavy atom. The zero-order valence-corrected chi connectivity index (χ0v) is 24.3. The highest BCUT2D eigenvalue weighted by Gasteiger charge is 2.32. The number of aliphatic hydroxyl groups excluding tert-OH is 1. The molecule has 42 heavy (non-hydrogen) atoms. The molecule has 11 nitrogen and oxygen atoms in total. The van der Waals surface area contributed by atoms with E-state index in [0.717, 1.165) is 43.5 Å². The van der Waals surface area contributed by atoms with Gasteiger partial charge in [0.1, 0.15) is 11.6 Å². The minimum Gasteiger partial charge on any atom is -0.478 e. The van der Waals surface area contributed by atoms with Gasteiger partial charge in [-0.1, -0.05) is 12.1 Å². The fourth-order valence-corrected chi connectivity index (χ4v) is 5.33. The van der Waals surface area contributed by atoms with Crippen molar-refractivity contribution in [2.75, 3.05) is 29.9 Å². The zero-order valence-electron chi connectivity index (χ0n) is 24.3. The Hall–Kier alpha value is -3.96. The fraction of sp³-hybridized carbons (Fsp3) is 0.484. The largest absolute Gasteiger partial charge is 0.478 e. The summed E-state index contributed by atoms with van der Waals surface area (Å²) in [6.45, 7) is 6.87. The van der Waals surface area contributed by atoms with Crippen LogP contribution in [0, 0.1) is 0 Å². The maximum absolute atomic E-state index is 13.2. The molecule has 1 saturated heterocycles. The molecule has 1 aliphatic heterocycles. The Morgan fingerprint density at radius 2 is 1.62 bits per heavy atom. The van der Waals surface area contributed by atoms with Gasteiger partial charge in [-0.05, 0) is 88.4 Å². The molecule has 4 N–H and O–H groups in total. The van der Waals surface area contributed by atoms with Gasteiger partial charge < -0.3 is 30.5 Å². The molecule has 1 atom stereocenters. The van der Waals surface area contributed by atoms with Crippen molar-refractivity contribution in [3.63, 3.8) is 0 Å². The van der Waals surface area contributed by atoms with Crippen molar-refractivity contribution in [3.8, 4) is 0 Å². The molecule has 4 rings (SSSR count). The lowest BCUT2D eigenvalue weighted by Gasteiger charge is -2.41. The number of alkyl carbamates (subject to hydrolysis) is 1. The highest BCUT2D eigenvalue weighted by Crippen LogP contribution is 2.26. The average molecular weight is 581 g/mol. The predicted octanol–water partition coefficient (Wildman–Crippen LogP) is 3.41. The topological polar surface area (TPSA) is 149 Å². The lowest BCUT2D eigenvalue weighted by Crippen LogP contribution is -2.54. The minimum absolute atomic E-state index is 0.0258. The minimum atomic E-state index is -1.07. The lowest BCUT2D eigenvalue weighted by atomic mass is 9.91. The van der Waals surface area contributed by atoms with Gasteiger partial charge in [0.15, 0.2) is 0 Å². The summed E-state index contributed by atoms with van der Waals surface area (Å²) in [5.74, 6) is -1.54. The number of anilines is 2. The van der Waals surface area contributed by atoms with E-state index < -0.39 is 29.6 Å². The second-order valence-electron chi connectivity index (χ2n) is 11.9. The third-order valence-electron chi connectivity index (χ3n) is 7.53. The van der Waals surface area contributed by atoms with Gasteiger partial charge in [0.05, 0.1) is 18.2 Å². The van der Waals surface area contributed by atoms with E-state index in [2.05, 4.69) is 15.5 Å². The molecule has 3 amide bonds. The highest BCUT2D eigenvalue weighted by molar-refractivity contribution is 5.97. The molecule has 2 fully saturated rings. The first-order valence-electron chi connectivity index (χ1n) is 14.3. The number of benzene rings is 2. The van der Waals surface area contributed by atoms with Gasteiger partial charge in [0, 0.05) is 36.9 Å². The van der Waals surface area contributed by atoms with Crippen molar-refractivity contribution in [2.24, 2.45) is 0 Å². The van der Waals surface area contributed by atoms with Crippen LogP contribution in [-0.4, -0.2) is 82.4 Å². The number of aromatic carboxylic acids is 1. The Labute approximate surface area is 245 Å². The molecular weight excluding hydrogens is 540 g/mol. The predicted molar refractivity (Wildman–Crippen MR) is 158 cm³/mol. The molecule has 1 heterocycles. The van der Waals surface area contributed by atoms with Crippen LogP contribution in [-0.2, 0) is 20.7 Å². The van der Waals surface area contributed by atoms with Crippen LogP contribution in [0.1, 0.15) is 62.4 Å². The number of carbonyl (C=O) groups excluding carboxylic acids is 3. The molecule has 11 heteroatoms. The first kappa shape index (κ1) is 31.0. The van der Waals surface area contributed by atoms with Crippen LogP contribution < -0.4 is 15.5 Å². The third kappa shape index (κ3) is 8.53. The van der Waals surface area contributed by atoms with Gasteiger partial charge in [-0.2, -0.15) is 0 Å². The van der Waals surface area contributed by atoms with Gasteiger partial charge in [-0.3, -0.25) is 14.5 Å². The maximum atomic E-state index is 13.2. The van der Waals surface area contributed by atoms with Crippen molar-refractivity contribution in [3.05, 3.63) is 59.7 Å². The number of hydrogen-bond donors (Lipinski definition) is 4. The van der Waals surface area contributed by atoms with E-state index in [0.29, 0.717) is 24.8 Å². The molecule has 1 saturated carbocycles. The monoisotopic (exact) mass is 580 g/mol. The second kappa shape index (κ2) is 13.3. The van der Waals surface area contributed by atoms with E-state index in [9.17, 15) is 24.3 Å². The van der Waals surface area contributed by atoms with E-state index >= 15 is 0 Å². The summed E-state index contributed by atoms with van der Waals surface area (Å²) in [6, 6.07) is 12.4. The van der Waals surface area contributed by atoms with E-state index in [1.807, 2.05) is 24.3 Å². The Balaban J connectivity index is 1.41. The van der Waals surface area contributed by atoms with E-state index in [-0.39, 0.29) is 24.0 Å². The summed E-state index contributed by atoms with van der Waals surface area (Å²) in [5, 5.41) is 24.3. The number of piperazine rings is 1. The van der Waals surface area contributed by atoms with Crippen molar-refractivity contribution in [1.29, 1.82) is 0 Å². The number of carboxylic acid groups (broad SMARTS) is 1. The van der Waals surface area contributed by atoms with Crippen LogP contribution in [0.2, 0.25) is 0 Å². The van der Waals surface area contributed by atoms with Crippen molar-refractivity contribution in [2.45, 2.75) is 76.7 Å². The number of amides is 3. The van der Waals surface area contributed by atoms with Crippen LogP contribution in [0.25, 0.3) is 0 Å². The number of ether oxygens (including phenoxy) is 1. The Morgan fingerprint density at radius 3 is 2.19 bits per heavy atom. The standard InChI is InChI=1S/C31H40N4O7/c1-31(2,3)42-30(41)33-26(28(38)32-22-8-6-21(7-9-22)29(39)40)18-20-4-10-24(11-5-20)35-17-16-34(19-27(35)37)23-12-14-25(36)15-13-23/h4-11,23,25-26,36H,12-19H2,1-3H3,(H,32,38)(H,33,41)(H,39,40). The van der Waals surface area contributed by atoms with Gasteiger partial charge >= 0.3 is 12.1 Å². The fourth-order valence-electron chi connectivity index (χ4n) is 5.33. The molecule has 2 aromatic rings. The molecule has 0 bridgehead atoms. The van der Waals surface area contributed by atoms with Crippen LogP contribution in [0.4, 0.5) is 16.2 Å². The number of aliphatic hydroxyl groups is 1. The van der Waals surface area contributed by atoms with Crippen molar-refractivity contribution in [1.82, 2.24) is 10.2 Å². The molecule has 226 valence electrons. The third-order valence-corrected chi connectivity index (χ3v) is 7.53. The summed E-state index contributed by atoms with van der Waals surface area (Å²) in [5.41, 5.74) is 1.25. The summed E-state index contributed by atoms with van der Waals surface area (Å²) in [4.78, 5) is 53.9. The average Bonchev–Trinajstić information content (AvgIpc) is 2.93. The number of carbonyl (C=O) groups is 4. The lowest BCUT2D eigenvalue weighted by molar-refractivity contribution is -0.122. The van der Waals surface area contributed by atoms with Gasteiger partial charge in [0.25, 0.3) is 0 Å². The molecule has 2 aliphatic rings. The highest BCUT2D eigenvalue weighted by atomic mass is 16.6. The van der Waals surface area contributed by atoms with Crippen LogP contribution in [0.5, 0.6) is 0 Å². The number of carboxylic acids is 1. The van der Waals surface area contributed by atoms with E-state index in [1.165, 1.54) is 24.3 Å². The maximum Gasteiger partial charge on any atom is 0.408 e. The number of nitrogens with one attached hydrogen (secondary N) is 2. The van der Waals surface area contributed by atoms with E-state index in [4.69, 9.17) is 9.84 Å². The van der Waals surface area contributed by atoms with Crippen LogP contribution in [0.15, 0.2) is 48.5 Å². The first-order valence-corrected chi connectivity index (χ1v) is 14.3. The second-order valence-corrected chi connectivity index (χ2v) is 11.9. The Kier molecular flexibility index (Phi) is 9.85. The van der Waals surface area contributed by atoms with Crippen molar-refractivity contribution < 1.29 is 34.1 Å². The zero-order chi connectivity index (χ0) is 30.4. The smallest absolute Gasteiger partial charge is 0.408 e. The molecule has 0 radical (unpaired) electrons. The first-order chi connectivity index (χ1) is 19.9. The molecule has 0 spiro atoms. The number of nitrogens with zero attached hydrogens (tertiary/aromatic N) is 2. The summed E-state index contributed by atoms with van der Waals surface area (Å²) >= 11 is 0. The normalized spacial score (nSPS) is 20.5. The van der Waals surface area contributed by atoms with Gasteiger partial charge in [-0.15, -0.1) is 0 Å². The quantitative estimate of drug-likeness (QED) is 0.371. The molecular formula is C31H40N4O7. The number of hydrogen-bond acceptors (Lipinski definition) is 7. The van der Waals surface area contributed by atoms with Crippen molar-refractivity contribution >= 4 is 35.3 Å². The van der Waals surface area contributed by atoms with Crippen LogP contribution >= 0.6 is 0 Å². The summed E-state index contributed by atoms with van der Waals surface area (Å²) in [7, 11) is 0. The molecule has 2 aromatic carbocycles. The SMILES string of the molecule is CC(C)(C)OC(=O)NC(Cc1ccc(N2CCN(C3CCC(O)CC3)CC2=O)cc1)C(=O)Nc1ccc(C(=O)O)cc1. The summed E-state index contributed by atoms with van der Waals surface area (Å²) < 4.78 is 5.36. The number of rotatable bonds is 8. The van der Waals surface area contributed by atoms with Crippen LogP contribution in [0.3, 0.4) is 0 Å². The molecule has 1 aliphatic carbocycles. The van der Waals surface area contributed by atoms with E-state index in [1.54, 1.807) is 25.7 Å². The molecule has 1 unspecified atom stereocenters. The van der Waals surface area contributed by atoms with Gasteiger partial charge in [0.2, 0.25) is 11.8 Å². The Bertz CT molecular complexity index is 1270.